The van der Waals surface area contributed by atoms with Gasteiger partial charge in [-0.25, -0.2) is 0 Å². The summed E-state index contributed by atoms with van der Waals surface area (Å²) < 4.78 is 0. The molecule has 0 fully saturated rings. The minimum atomic E-state index is 0.548. The number of H-pyrrole nitrogens is 1. The second-order valence-electron chi connectivity index (χ2n) is 5.94. The van der Waals surface area contributed by atoms with Crippen molar-refractivity contribution in [1.82, 2.24) is 10.3 Å². The maximum atomic E-state index is 5.87. The molecule has 0 unspecified atom stereocenters. The molecule has 21 heavy (non-hydrogen) atoms. The molecule has 0 spiro atoms. The van der Waals surface area contributed by atoms with E-state index in [9.17, 15) is 0 Å². The van der Waals surface area contributed by atoms with E-state index in [-0.39, 0.29) is 0 Å². The van der Waals surface area contributed by atoms with Gasteiger partial charge in [-0.05, 0) is 42.9 Å². The summed E-state index contributed by atoms with van der Waals surface area (Å²) in [5.41, 5.74) is 9.70. The fourth-order valence-corrected chi connectivity index (χ4v) is 2.47. The first-order chi connectivity index (χ1) is 10.1. The minimum absolute atomic E-state index is 0.548. The second kappa shape index (κ2) is 7.16. The molecule has 4 heteroatoms. The lowest BCUT2D eigenvalue weighted by Crippen LogP contribution is -2.33. The highest BCUT2D eigenvalue weighted by atomic mass is 15.1. The van der Waals surface area contributed by atoms with Crippen LogP contribution in [0.25, 0.3) is 10.9 Å². The maximum absolute atomic E-state index is 5.87. The number of nitrogens with zero attached hydrogens (tertiary/aromatic N) is 1. The molecule has 0 amide bonds. The van der Waals surface area contributed by atoms with E-state index in [4.69, 9.17) is 5.73 Å². The summed E-state index contributed by atoms with van der Waals surface area (Å²) in [6, 6.07) is 6.34. The van der Waals surface area contributed by atoms with Crippen LogP contribution in [0.15, 0.2) is 29.4 Å². The maximum Gasteiger partial charge on any atom is 0.188 e. The number of aryl methyl sites for hydroxylation is 1. The molecule has 1 heterocycles. The van der Waals surface area contributed by atoms with Crippen LogP contribution in [0.1, 0.15) is 31.4 Å². The van der Waals surface area contributed by atoms with Crippen LogP contribution in [0.2, 0.25) is 0 Å². The fraction of sp³-hybridized carbons (Fsp3) is 0.471. The molecule has 4 N–H and O–H groups in total. The Labute approximate surface area is 126 Å². The number of rotatable bonds is 6. The normalized spacial score (nSPS) is 12.3. The number of hydrogen-bond acceptors (Lipinski definition) is 1. The topological polar surface area (TPSA) is 66.2 Å². The number of nitrogens with two attached hydrogens (primary N) is 1. The van der Waals surface area contributed by atoms with E-state index in [1.165, 1.54) is 22.0 Å². The highest BCUT2D eigenvalue weighted by Gasteiger charge is 2.05. The molecule has 1 aromatic heterocycles. The van der Waals surface area contributed by atoms with Crippen molar-refractivity contribution in [1.29, 1.82) is 0 Å². The molecule has 1 aromatic carbocycles. The van der Waals surface area contributed by atoms with E-state index in [1.807, 2.05) is 0 Å². The Bertz CT molecular complexity index is 610. The number of aliphatic imine (C=N–C) groups is 1. The van der Waals surface area contributed by atoms with Crippen LogP contribution in [0.5, 0.6) is 0 Å². The first kappa shape index (κ1) is 15.4. The summed E-state index contributed by atoms with van der Waals surface area (Å²) in [6.45, 7) is 8.13. The molecule has 0 aliphatic rings. The van der Waals surface area contributed by atoms with Crippen LogP contribution >= 0.6 is 0 Å². The minimum Gasteiger partial charge on any atom is -0.370 e. The predicted octanol–water partition coefficient (Wildman–Crippen LogP) is 2.97. The molecule has 0 atom stereocenters. The van der Waals surface area contributed by atoms with Gasteiger partial charge in [0.05, 0.1) is 0 Å². The standard InChI is InChI=1S/C17H26N4/c1-12(2)7-9-19-17(18)20-10-8-14-11-21-15-6-4-5-13(3)16(14)15/h4-6,11-12,21H,7-10H2,1-3H3,(H3,18,19,20). The Hall–Kier alpha value is -1.97. The van der Waals surface area contributed by atoms with E-state index in [0.29, 0.717) is 11.9 Å². The summed E-state index contributed by atoms with van der Waals surface area (Å²) >= 11 is 0. The summed E-state index contributed by atoms with van der Waals surface area (Å²) in [5.74, 6) is 1.21. The smallest absolute Gasteiger partial charge is 0.188 e. The Morgan fingerprint density at radius 2 is 2.19 bits per heavy atom. The molecule has 4 nitrogen and oxygen atoms in total. The van der Waals surface area contributed by atoms with Gasteiger partial charge < -0.3 is 16.0 Å². The number of guanidine groups is 1. The molecular weight excluding hydrogens is 260 g/mol. The first-order valence-corrected chi connectivity index (χ1v) is 7.67. The fourth-order valence-electron chi connectivity index (χ4n) is 2.47. The number of aromatic nitrogens is 1. The van der Waals surface area contributed by atoms with Crippen molar-refractivity contribution in [3.8, 4) is 0 Å². The van der Waals surface area contributed by atoms with Gasteiger partial charge in [-0.2, -0.15) is 0 Å². The Morgan fingerprint density at radius 1 is 1.38 bits per heavy atom. The third kappa shape index (κ3) is 4.25. The van der Waals surface area contributed by atoms with Gasteiger partial charge in [0, 0.05) is 30.2 Å². The van der Waals surface area contributed by atoms with Crippen molar-refractivity contribution in [3.63, 3.8) is 0 Å². The van der Waals surface area contributed by atoms with Crippen LogP contribution < -0.4 is 11.1 Å². The summed E-state index contributed by atoms with van der Waals surface area (Å²) in [6.07, 6.45) is 4.10. The van der Waals surface area contributed by atoms with Crippen molar-refractivity contribution in [2.24, 2.45) is 16.6 Å². The predicted molar refractivity (Wildman–Crippen MR) is 90.7 cm³/mol. The highest BCUT2D eigenvalue weighted by molar-refractivity contribution is 5.86. The lowest BCUT2D eigenvalue weighted by Gasteiger charge is -2.07. The third-order valence-corrected chi connectivity index (χ3v) is 3.68. The molecule has 114 valence electrons. The van der Waals surface area contributed by atoms with Crippen molar-refractivity contribution in [3.05, 3.63) is 35.5 Å². The van der Waals surface area contributed by atoms with E-state index < -0.39 is 0 Å². The molecule has 0 saturated carbocycles. The van der Waals surface area contributed by atoms with Gasteiger partial charge in [0.1, 0.15) is 0 Å². The quantitative estimate of drug-likeness (QED) is 0.564. The number of benzene rings is 1. The third-order valence-electron chi connectivity index (χ3n) is 3.68. The Balaban J connectivity index is 1.88. The SMILES string of the molecule is Cc1cccc2[nH]cc(CCNC(N)=NCCC(C)C)c12. The molecule has 0 radical (unpaired) electrons. The first-order valence-electron chi connectivity index (χ1n) is 7.67. The zero-order valence-electron chi connectivity index (χ0n) is 13.2. The van der Waals surface area contributed by atoms with E-state index >= 15 is 0 Å². The lowest BCUT2D eigenvalue weighted by molar-refractivity contribution is 0.595. The van der Waals surface area contributed by atoms with Gasteiger partial charge in [-0.15, -0.1) is 0 Å². The van der Waals surface area contributed by atoms with Crippen LogP contribution in [-0.4, -0.2) is 24.0 Å². The van der Waals surface area contributed by atoms with Crippen molar-refractivity contribution < 1.29 is 0 Å². The zero-order valence-corrected chi connectivity index (χ0v) is 13.2. The van der Waals surface area contributed by atoms with Crippen molar-refractivity contribution >= 4 is 16.9 Å². The summed E-state index contributed by atoms with van der Waals surface area (Å²) in [7, 11) is 0. The van der Waals surface area contributed by atoms with Gasteiger partial charge in [-0.3, -0.25) is 4.99 Å². The summed E-state index contributed by atoms with van der Waals surface area (Å²) in [4.78, 5) is 7.66. The van der Waals surface area contributed by atoms with Crippen LogP contribution in [0.4, 0.5) is 0 Å². The average Bonchev–Trinajstić information content (AvgIpc) is 2.83. The lowest BCUT2D eigenvalue weighted by atomic mass is 10.1. The molecule has 2 rings (SSSR count). The highest BCUT2D eigenvalue weighted by Crippen LogP contribution is 2.22. The van der Waals surface area contributed by atoms with Gasteiger partial charge >= 0.3 is 0 Å². The van der Waals surface area contributed by atoms with Crippen molar-refractivity contribution in [2.75, 3.05) is 13.1 Å². The second-order valence-corrected chi connectivity index (χ2v) is 5.94. The molecule has 0 saturated heterocycles. The molecule has 2 aromatic rings. The van der Waals surface area contributed by atoms with Crippen LogP contribution in [0, 0.1) is 12.8 Å². The van der Waals surface area contributed by atoms with E-state index in [2.05, 4.69) is 60.5 Å². The summed E-state index contributed by atoms with van der Waals surface area (Å²) in [5, 5.41) is 4.52. The monoisotopic (exact) mass is 286 g/mol. The van der Waals surface area contributed by atoms with E-state index in [1.54, 1.807) is 0 Å². The van der Waals surface area contributed by atoms with Gasteiger partial charge in [-0.1, -0.05) is 26.0 Å². The van der Waals surface area contributed by atoms with E-state index in [0.717, 1.165) is 25.9 Å². The number of fused-ring (bicyclic) bond motifs is 1. The molecule has 0 bridgehead atoms. The van der Waals surface area contributed by atoms with Gasteiger partial charge in [0.15, 0.2) is 5.96 Å². The number of nitrogens with one attached hydrogen (secondary N) is 2. The van der Waals surface area contributed by atoms with Gasteiger partial charge in [0.25, 0.3) is 0 Å². The Morgan fingerprint density at radius 3 is 2.95 bits per heavy atom. The average molecular weight is 286 g/mol. The van der Waals surface area contributed by atoms with Crippen LogP contribution in [-0.2, 0) is 6.42 Å². The number of hydrogen-bond donors (Lipinski definition) is 3. The van der Waals surface area contributed by atoms with Crippen LogP contribution in [0.3, 0.4) is 0 Å². The molecule has 0 aliphatic heterocycles. The number of aromatic amines is 1. The Kier molecular flexibility index (Phi) is 5.26. The van der Waals surface area contributed by atoms with Gasteiger partial charge in [0.2, 0.25) is 0 Å². The largest absolute Gasteiger partial charge is 0.370 e. The molecular formula is C17H26N4. The zero-order chi connectivity index (χ0) is 15.2. The van der Waals surface area contributed by atoms with Crippen molar-refractivity contribution in [2.45, 2.75) is 33.6 Å². The molecule has 0 aliphatic carbocycles.